The number of nitrogens with one attached hydrogen (secondary N) is 1. The molecule has 0 atom stereocenters. The molecule has 1 N–H and O–H groups in total. The Hall–Kier alpha value is -0.810. The van der Waals surface area contributed by atoms with E-state index in [4.69, 9.17) is 21.1 Å². The molecule has 0 unspecified atom stereocenters. The molecule has 0 amide bonds. The van der Waals surface area contributed by atoms with Crippen molar-refractivity contribution >= 4 is 11.6 Å². The zero-order valence-electron chi connectivity index (χ0n) is 12.2. The summed E-state index contributed by atoms with van der Waals surface area (Å²) in [4.78, 5) is 2.25. The largest absolute Gasteiger partial charge is 0.493 e. The van der Waals surface area contributed by atoms with Crippen LogP contribution in [0.5, 0.6) is 5.75 Å². The highest BCUT2D eigenvalue weighted by Gasteiger charge is 2.17. The molecule has 1 aliphatic heterocycles. The lowest BCUT2D eigenvalue weighted by molar-refractivity contribution is 0.161. The van der Waals surface area contributed by atoms with Crippen LogP contribution in [0.2, 0.25) is 5.02 Å². The smallest absolute Gasteiger partial charge is 0.127 e. The second-order valence-corrected chi connectivity index (χ2v) is 5.56. The SMILES string of the molecule is COCCN(C)CCNCc1cc(Cl)cc2c1OCC2. The summed E-state index contributed by atoms with van der Waals surface area (Å²) in [5.74, 6) is 1.02. The first-order chi connectivity index (χ1) is 9.70. The predicted molar refractivity (Wildman–Crippen MR) is 81.7 cm³/mol. The van der Waals surface area contributed by atoms with Crippen LogP contribution in [-0.4, -0.2) is 51.9 Å². The van der Waals surface area contributed by atoms with Gasteiger partial charge in [0, 0.05) is 50.3 Å². The average Bonchev–Trinajstić information content (AvgIpc) is 2.89. The van der Waals surface area contributed by atoms with E-state index in [2.05, 4.69) is 17.3 Å². The van der Waals surface area contributed by atoms with Gasteiger partial charge in [0.25, 0.3) is 0 Å². The van der Waals surface area contributed by atoms with Crippen LogP contribution in [0, 0.1) is 0 Å². The minimum atomic E-state index is 0.766. The fourth-order valence-electron chi connectivity index (χ4n) is 2.33. The minimum Gasteiger partial charge on any atom is -0.493 e. The summed E-state index contributed by atoms with van der Waals surface area (Å²) in [6.45, 7) is 5.21. The van der Waals surface area contributed by atoms with Crippen molar-refractivity contribution in [3.8, 4) is 5.75 Å². The quantitative estimate of drug-likeness (QED) is 0.744. The number of ether oxygens (including phenoxy) is 2. The molecule has 0 bridgehead atoms. The molecule has 0 aromatic heterocycles. The van der Waals surface area contributed by atoms with Crippen LogP contribution >= 0.6 is 11.6 Å². The molecule has 4 nitrogen and oxygen atoms in total. The Balaban J connectivity index is 1.77. The summed E-state index contributed by atoms with van der Waals surface area (Å²) in [6.07, 6.45) is 0.961. The Morgan fingerprint density at radius 1 is 1.40 bits per heavy atom. The summed E-state index contributed by atoms with van der Waals surface area (Å²) in [6, 6.07) is 4.00. The molecular weight excluding hydrogens is 276 g/mol. The van der Waals surface area contributed by atoms with Crippen LogP contribution in [0.3, 0.4) is 0 Å². The van der Waals surface area contributed by atoms with Crippen molar-refractivity contribution in [3.63, 3.8) is 0 Å². The average molecular weight is 299 g/mol. The monoisotopic (exact) mass is 298 g/mol. The number of fused-ring (bicyclic) bond motifs is 1. The van der Waals surface area contributed by atoms with E-state index in [0.717, 1.165) is 62.1 Å². The summed E-state index contributed by atoms with van der Waals surface area (Å²) >= 11 is 6.14. The van der Waals surface area contributed by atoms with Crippen LogP contribution < -0.4 is 10.1 Å². The van der Waals surface area contributed by atoms with E-state index in [1.165, 1.54) is 5.56 Å². The van der Waals surface area contributed by atoms with Gasteiger partial charge in [-0.3, -0.25) is 0 Å². The van der Waals surface area contributed by atoms with E-state index in [1.807, 2.05) is 12.1 Å². The van der Waals surface area contributed by atoms with Crippen molar-refractivity contribution in [2.24, 2.45) is 0 Å². The molecule has 5 heteroatoms. The molecule has 2 rings (SSSR count). The Morgan fingerprint density at radius 2 is 2.25 bits per heavy atom. The number of hydrogen-bond acceptors (Lipinski definition) is 4. The number of likely N-dealkylation sites (N-methyl/N-ethyl adjacent to an activating group) is 1. The van der Waals surface area contributed by atoms with Crippen LogP contribution in [0.4, 0.5) is 0 Å². The third-order valence-electron chi connectivity index (χ3n) is 3.49. The maximum Gasteiger partial charge on any atom is 0.127 e. The Labute approximate surface area is 126 Å². The van der Waals surface area contributed by atoms with Crippen molar-refractivity contribution in [2.45, 2.75) is 13.0 Å². The van der Waals surface area contributed by atoms with E-state index in [9.17, 15) is 0 Å². The van der Waals surface area contributed by atoms with Gasteiger partial charge < -0.3 is 19.7 Å². The van der Waals surface area contributed by atoms with Crippen molar-refractivity contribution in [3.05, 3.63) is 28.3 Å². The Morgan fingerprint density at radius 3 is 3.05 bits per heavy atom. The molecule has 0 fully saturated rings. The lowest BCUT2D eigenvalue weighted by atomic mass is 10.1. The number of rotatable bonds is 8. The molecule has 0 saturated carbocycles. The van der Waals surface area contributed by atoms with E-state index in [-0.39, 0.29) is 0 Å². The van der Waals surface area contributed by atoms with Gasteiger partial charge in [-0.2, -0.15) is 0 Å². The molecule has 1 heterocycles. The van der Waals surface area contributed by atoms with Crippen LogP contribution in [-0.2, 0) is 17.7 Å². The van der Waals surface area contributed by atoms with Crippen molar-refractivity contribution in [2.75, 3.05) is 47.0 Å². The van der Waals surface area contributed by atoms with Crippen LogP contribution in [0.25, 0.3) is 0 Å². The molecule has 1 aliphatic rings. The molecule has 20 heavy (non-hydrogen) atoms. The van der Waals surface area contributed by atoms with Crippen LogP contribution in [0.15, 0.2) is 12.1 Å². The van der Waals surface area contributed by atoms with Crippen molar-refractivity contribution in [1.29, 1.82) is 0 Å². The summed E-state index contributed by atoms with van der Waals surface area (Å²) in [5.41, 5.74) is 2.39. The van der Waals surface area contributed by atoms with Gasteiger partial charge in [0.05, 0.1) is 13.2 Å². The van der Waals surface area contributed by atoms with E-state index >= 15 is 0 Å². The molecule has 0 spiro atoms. The lowest BCUT2D eigenvalue weighted by Crippen LogP contribution is -2.31. The maximum absolute atomic E-state index is 6.14. The second-order valence-electron chi connectivity index (χ2n) is 5.12. The number of nitrogens with zero attached hydrogens (tertiary/aromatic N) is 1. The van der Waals surface area contributed by atoms with E-state index in [0.29, 0.717) is 0 Å². The third-order valence-corrected chi connectivity index (χ3v) is 3.71. The lowest BCUT2D eigenvalue weighted by Gasteiger charge is -2.16. The van der Waals surface area contributed by atoms with E-state index < -0.39 is 0 Å². The topological polar surface area (TPSA) is 33.7 Å². The normalized spacial score (nSPS) is 13.6. The van der Waals surface area contributed by atoms with Gasteiger partial charge in [0.15, 0.2) is 0 Å². The summed E-state index contributed by atoms with van der Waals surface area (Å²) < 4.78 is 10.7. The minimum absolute atomic E-state index is 0.766. The molecule has 112 valence electrons. The van der Waals surface area contributed by atoms with Crippen molar-refractivity contribution < 1.29 is 9.47 Å². The number of hydrogen-bond donors (Lipinski definition) is 1. The first kappa shape index (κ1) is 15.6. The standard InChI is InChI=1S/C15H23ClN2O2/c1-18(6-8-19-2)5-4-17-11-13-10-14(16)9-12-3-7-20-15(12)13/h9-10,17H,3-8,11H2,1-2H3. The van der Waals surface area contributed by atoms with Gasteiger partial charge in [-0.15, -0.1) is 0 Å². The molecule has 0 saturated heterocycles. The fraction of sp³-hybridized carbons (Fsp3) is 0.600. The third kappa shape index (κ3) is 4.35. The Kier molecular flexibility index (Phi) is 6.10. The molecule has 0 aliphatic carbocycles. The van der Waals surface area contributed by atoms with Gasteiger partial charge in [-0.05, 0) is 24.7 Å². The zero-order chi connectivity index (χ0) is 14.4. The summed E-state index contributed by atoms with van der Waals surface area (Å²) in [5, 5.41) is 4.24. The van der Waals surface area contributed by atoms with Gasteiger partial charge in [-0.25, -0.2) is 0 Å². The number of halogens is 1. The fourth-order valence-corrected chi connectivity index (χ4v) is 2.59. The number of methoxy groups -OCH3 is 1. The second kappa shape index (κ2) is 7.84. The molecule has 1 aromatic rings. The van der Waals surface area contributed by atoms with Gasteiger partial charge in [-0.1, -0.05) is 11.6 Å². The highest BCUT2D eigenvalue weighted by molar-refractivity contribution is 6.30. The van der Waals surface area contributed by atoms with Gasteiger partial charge in [0.1, 0.15) is 5.75 Å². The van der Waals surface area contributed by atoms with Crippen molar-refractivity contribution in [1.82, 2.24) is 10.2 Å². The highest BCUT2D eigenvalue weighted by atomic mass is 35.5. The predicted octanol–water partition coefficient (Wildman–Crippen LogP) is 1.94. The van der Waals surface area contributed by atoms with Gasteiger partial charge in [0.2, 0.25) is 0 Å². The molecule has 0 radical (unpaired) electrons. The Bertz CT molecular complexity index is 440. The highest BCUT2D eigenvalue weighted by Crippen LogP contribution is 2.32. The first-order valence-electron chi connectivity index (χ1n) is 7.03. The zero-order valence-corrected chi connectivity index (χ0v) is 13.0. The van der Waals surface area contributed by atoms with Crippen LogP contribution in [0.1, 0.15) is 11.1 Å². The maximum atomic E-state index is 6.14. The first-order valence-corrected chi connectivity index (χ1v) is 7.41. The number of benzene rings is 1. The molecular formula is C15H23ClN2O2. The van der Waals surface area contributed by atoms with E-state index in [1.54, 1.807) is 7.11 Å². The van der Waals surface area contributed by atoms with Gasteiger partial charge >= 0.3 is 0 Å². The summed E-state index contributed by atoms with van der Waals surface area (Å²) in [7, 11) is 3.83. The molecule has 1 aromatic carbocycles.